The molecule has 0 spiro atoms. The summed E-state index contributed by atoms with van der Waals surface area (Å²) in [4.78, 5) is 3.91. The first-order valence-corrected chi connectivity index (χ1v) is 4.73. The highest BCUT2D eigenvalue weighted by molar-refractivity contribution is 5.39. The van der Waals surface area contributed by atoms with E-state index >= 15 is 0 Å². The molecule has 0 bridgehead atoms. The second-order valence-electron chi connectivity index (χ2n) is 3.31. The molecule has 0 aliphatic rings. The van der Waals surface area contributed by atoms with E-state index in [-0.39, 0.29) is 0 Å². The van der Waals surface area contributed by atoms with Crippen LogP contribution in [0.3, 0.4) is 0 Å². The first-order valence-electron chi connectivity index (χ1n) is 4.73. The Labute approximate surface area is 87.3 Å². The van der Waals surface area contributed by atoms with Crippen LogP contribution in [0, 0.1) is 0 Å². The summed E-state index contributed by atoms with van der Waals surface area (Å²) in [5.74, 6) is 0. The molecule has 0 N–H and O–H groups in total. The maximum atomic E-state index is 3.91. The molecule has 1 heteroatoms. The second kappa shape index (κ2) is 7.07. The number of hydrogen-bond acceptors (Lipinski definition) is 1. The zero-order valence-electron chi connectivity index (χ0n) is 9.54. The van der Waals surface area contributed by atoms with Crippen LogP contribution in [0.25, 0.3) is 0 Å². The Hall–Kier alpha value is -1.37. The van der Waals surface area contributed by atoms with E-state index in [1.165, 1.54) is 5.57 Å². The Kier molecular flexibility index (Phi) is 6.38. The summed E-state index contributed by atoms with van der Waals surface area (Å²) in [6.45, 7) is 11.6. The Bertz CT molecular complexity index is 297. The molecule has 0 aliphatic carbocycles. The van der Waals surface area contributed by atoms with Crippen molar-refractivity contribution in [2.24, 2.45) is 4.99 Å². The van der Waals surface area contributed by atoms with Gasteiger partial charge in [-0.2, -0.15) is 0 Å². The van der Waals surface area contributed by atoms with E-state index in [1.807, 2.05) is 38.2 Å². The summed E-state index contributed by atoms with van der Waals surface area (Å²) in [7, 11) is 0. The quantitative estimate of drug-likeness (QED) is 0.467. The molecule has 0 atom stereocenters. The lowest BCUT2D eigenvalue weighted by atomic mass is 10.2. The van der Waals surface area contributed by atoms with Gasteiger partial charge < -0.3 is 0 Å². The summed E-state index contributed by atoms with van der Waals surface area (Å²) in [5, 5.41) is 0. The highest BCUT2D eigenvalue weighted by Crippen LogP contribution is 2.09. The van der Waals surface area contributed by atoms with Crippen LogP contribution in [0.4, 0.5) is 0 Å². The Morgan fingerprint density at radius 2 is 1.64 bits per heavy atom. The van der Waals surface area contributed by atoms with E-state index in [4.69, 9.17) is 0 Å². The summed E-state index contributed by atoms with van der Waals surface area (Å²) < 4.78 is 0. The third kappa shape index (κ3) is 5.31. The Morgan fingerprint density at radius 1 is 1.07 bits per heavy atom. The summed E-state index contributed by atoms with van der Waals surface area (Å²) in [6, 6.07) is 0. The van der Waals surface area contributed by atoms with E-state index in [2.05, 4.69) is 31.6 Å². The molecule has 0 heterocycles. The van der Waals surface area contributed by atoms with Crippen LogP contribution in [0.2, 0.25) is 0 Å². The lowest BCUT2D eigenvalue weighted by molar-refractivity contribution is 1.28. The minimum atomic E-state index is 0.937. The van der Waals surface area contributed by atoms with E-state index in [0.717, 1.165) is 11.3 Å². The van der Waals surface area contributed by atoms with Crippen molar-refractivity contribution in [3.05, 3.63) is 47.2 Å². The third-order valence-electron chi connectivity index (χ3n) is 1.73. The maximum Gasteiger partial charge on any atom is 0.0608 e. The minimum absolute atomic E-state index is 0.937. The maximum absolute atomic E-state index is 3.91. The van der Waals surface area contributed by atoms with Gasteiger partial charge in [0.05, 0.1) is 5.70 Å². The van der Waals surface area contributed by atoms with Crippen LogP contribution in [0.1, 0.15) is 27.7 Å². The number of allylic oxidation sites excluding steroid dienone is 7. The predicted octanol–water partition coefficient (Wildman–Crippen LogP) is 4.06. The molecular formula is C13H19N. The molecule has 0 saturated carbocycles. The van der Waals surface area contributed by atoms with E-state index < -0.39 is 0 Å². The van der Waals surface area contributed by atoms with E-state index in [0.29, 0.717) is 0 Å². The monoisotopic (exact) mass is 189 g/mol. The smallest absolute Gasteiger partial charge is 0.0608 e. The second-order valence-corrected chi connectivity index (χ2v) is 3.31. The fourth-order valence-corrected chi connectivity index (χ4v) is 0.977. The standard InChI is InChI=1S/C13H19N/c1-6-13(14-5)12(4)10-8-7-9-11(2)3/h6-10H,5H2,1-4H3/b8-7-,12-10+,13-6-. The SMILES string of the molecule is C=NC(=C\C)/C(C)=C/C=C\C=C(C)C. The molecular weight excluding hydrogens is 170 g/mol. The van der Waals surface area contributed by atoms with Gasteiger partial charge in [0.15, 0.2) is 0 Å². The average Bonchev–Trinajstić information content (AvgIpc) is 2.14. The fourth-order valence-electron chi connectivity index (χ4n) is 0.977. The van der Waals surface area contributed by atoms with Gasteiger partial charge in [0.1, 0.15) is 0 Å². The van der Waals surface area contributed by atoms with Gasteiger partial charge in [-0.15, -0.1) is 0 Å². The van der Waals surface area contributed by atoms with Crippen LogP contribution in [-0.2, 0) is 0 Å². The molecule has 0 saturated heterocycles. The van der Waals surface area contributed by atoms with Gasteiger partial charge in [0.2, 0.25) is 0 Å². The van der Waals surface area contributed by atoms with Crippen molar-refractivity contribution in [1.29, 1.82) is 0 Å². The molecule has 0 aromatic rings. The van der Waals surface area contributed by atoms with Gasteiger partial charge >= 0.3 is 0 Å². The van der Waals surface area contributed by atoms with Gasteiger partial charge in [-0.25, -0.2) is 0 Å². The van der Waals surface area contributed by atoms with Crippen LogP contribution in [-0.4, -0.2) is 6.72 Å². The largest absolute Gasteiger partial charge is 0.265 e. The van der Waals surface area contributed by atoms with Crippen LogP contribution >= 0.6 is 0 Å². The number of rotatable bonds is 4. The molecule has 1 nitrogen and oxygen atoms in total. The molecule has 76 valence electrons. The van der Waals surface area contributed by atoms with Gasteiger partial charge in [0, 0.05) is 0 Å². The van der Waals surface area contributed by atoms with Crippen molar-refractivity contribution in [1.82, 2.24) is 0 Å². The molecule has 0 amide bonds. The van der Waals surface area contributed by atoms with Crippen molar-refractivity contribution in [2.75, 3.05) is 0 Å². The highest BCUT2D eigenvalue weighted by atomic mass is 14.7. The van der Waals surface area contributed by atoms with Crippen LogP contribution in [0.5, 0.6) is 0 Å². The molecule has 0 rings (SSSR count). The van der Waals surface area contributed by atoms with Crippen molar-refractivity contribution in [3.63, 3.8) is 0 Å². The topological polar surface area (TPSA) is 12.4 Å². The van der Waals surface area contributed by atoms with Crippen LogP contribution in [0.15, 0.2) is 52.2 Å². The molecule has 0 unspecified atom stereocenters. The molecule has 0 fully saturated rings. The van der Waals surface area contributed by atoms with Crippen molar-refractivity contribution >= 4 is 6.72 Å². The molecule has 0 radical (unpaired) electrons. The zero-order valence-corrected chi connectivity index (χ0v) is 9.54. The number of hydrogen-bond donors (Lipinski definition) is 0. The molecule has 0 aliphatic heterocycles. The van der Waals surface area contributed by atoms with Gasteiger partial charge in [-0.05, 0) is 40.0 Å². The number of aliphatic imine (C=N–C) groups is 1. The van der Waals surface area contributed by atoms with E-state index in [1.54, 1.807) is 0 Å². The fraction of sp³-hybridized carbons (Fsp3) is 0.308. The molecule has 14 heavy (non-hydrogen) atoms. The first kappa shape index (κ1) is 12.6. The van der Waals surface area contributed by atoms with Gasteiger partial charge in [-0.3, -0.25) is 4.99 Å². The average molecular weight is 189 g/mol. The highest BCUT2D eigenvalue weighted by Gasteiger charge is 1.91. The first-order chi connectivity index (χ1) is 6.61. The minimum Gasteiger partial charge on any atom is -0.265 e. The zero-order chi connectivity index (χ0) is 11.0. The van der Waals surface area contributed by atoms with Crippen LogP contribution < -0.4 is 0 Å². The summed E-state index contributed by atoms with van der Waals surface area (Å²) in [6.07, 6.45) is 10.1. The lowest BCUT2D eigenvalue weighted by Crippen LogP contribution is -1.78. The van der Waals surface area contributed by atoms with Crippen molar-refractivity contribution < 1.29 is 0 Å². The van der Waals surface area contributed by atoms with Crippen molar-refractivity contribution in [3.8, 4) is 0 Å². The predicted molar refractivity (Wildman–Crippen MR) is 65.6 cm³/mol. The van der Waals surface area contributed by atoms with E-state index in [9.17, 15) is 0 Å². The Morgan fingerprint density at radius 3 is 2.07 bits per heavy atom. The molecule has 0 aromatic carbocycles. The van der Waals surface area contributed by atoms with Gasteiger partial charge in [0.25, 0.3) is 0 Å². The van der Waals surface area contributed by atoms with Gasteiger partial charge in [-0.1, -0.05) is 36.0 Å². The normalized spacial score (nSPS) is 13.1. The Balaban J connectivity index is 4.47. The van der Waals surface area contributed by atoms with Crippen molar-refractivity contribution in [2.45, 2.75) is 27.7 Å². The third-order valence-corrected chi connectivity index (χ3v) is 1.73. The molecule has 0 aromatic heterocycles. The summed E-state index contributed by atoms with van der Waals surface area (Å²) >= 11 is 0. The lowest BCUT2D eigenvalue weighted by Gasteiger charge is -1.97. The number of nitrogens with zero attached hydrogens (tertiary/aromatic N) is 1. The summed E-state index contributed by atoms with van der Waals surface area (Å²) in [5.41, 5.74) is 3.35.